The van der Waals surface area contributed by atoms with Crippen LogP contribution in [0.3, 0.4) is 0 Å². The highest BCUT2D eigenvalue weighted by Crippen LogP contribution is 2.46. The van der Waals surface area contributed by atoms with E-state index >= 15 is 0 Å². The second-order valence-electron chi connectivity index (χ2n) is 6.82. The normalized spacial score (nSPS) is 14.3. The fourth-order valence-electron chi connectivity index (χ4n) is 3.73. The number of fused-ring (bicyclic) bond motifs is 1. The van der Waals surface area contributed by atoms with Gasteiger partial charge in [-0.25, -0.2) is 4.99 Å². The smallest absolute Gasteiger partial charge is 0.319 e. The molecule has 0 spiro atoms. The van der Waals surface area contributed by atoms with Crippen molar-refractivity contribution in [3.8, 4) is 11.9 Å². The van der Waals surface area contributed by atoms with Crippen LogP contribution in [0.1, 0.15) is 16.8 Å². The number of nitrogens with two attached hydrogens (primary N) is 1. The van der Waals surface area contributed by atoms with E-state index in [1.165, 1.54) is 7.11 Å². The fraction of sp³-hybridized carbons (Fsp3) is 0.227. The van der Waals surface area contributed by atoms with Gasteiger partial charge in [0.2, 0.25) is 5.88 Å². The van der Waals surface area contributed by atoms with E-state index in [9.17, 15) is 0 Å². The average Bonchev–Trinajstić information content (AvgIpc) is 3.00. The molecule has 6 heteroatoms. The molecule has 0 radical (unpaired) electrons. The van der Waals surface area contributed by atoms with Crippen molar-refractivity contribution in [3.63, 3.8) is 0 Å². The third-order valence-corrected chi connectivity index (χ3v) is 5.08. The van der Waals surface area contributed by atoms with Crippen LogP contribution < -0.4 is 15.2 Å². The molecule has 1 aromatic heterocycles. The lowest BCUT2D eigenvalue weighted by molar-refractivity contribution is 0.348. The number of hydrogen-bond acceptors (Lipinski definition) is 6. The van der Waals surface area contributed by atoms with Crippen molar-refractivity contribution < 1.29 is 9.47 Å². The summed E-state index contributed by atoms with van der Waals surface area (Å²) in [7, 11) is 3.10. The largest absolute Gasteiger partial charge is 0.479 e. The first-order valence-corrected chi connectivity index (χ1v) is 9.09. The molecule has 0 aliphatic carbocycles. The number of aliphatic imine (C=N–C) groups is 1. The number of hydrogen-bond donors (Lipinski definition) is 1. The third-order valence-electron chi connectivity index (χ3n) is 5.08. The number of amidine groups is 1. The van der Waals surface area contributed by atoms with E-state index in [1.54, 1.807) is 7.11 Å². The van der Waals surface area contributed by atoms with E-state index < -0.39 is 5.41 Å². The molecule has 0 saturated carbocycles. The zero-order chi connectivity index (χ0) is 19.6. The number of aromatic nitrogens is 2. The number of rotatable bonds is 6. The van der Waals surface area contributed by atoms with Crippen molar-refractivity contribution in [3.05, 3.63) is 77.5 Å². The minimum Gasteiger partial charge on any atom is -0.479 e. The van der Waals surface area contributed by atoms with Gasteiger partial charge in [0.1, 0.15) is 11.5 Å². The molecule has 0 amide bonds. The lowest BCUT2D eigenvalue weighted by Crippen LogP contribution is -2.43. The maximum atomic E-state index is 6.56. The van der Waals surface area contributed by atoms with Crippen molar-refractivity contribution in [2.75, 3.05) is 14.2 Å². The molecule has 0 atom stereocenters. The van der Waals surface area contributed by atoms with Crippen LogP contribution in [-0.4, -0.2) is 30.0 Å². The van der Waals surface area contributed by atoms with Crippen molar-refractivity contribution in [2.24, 2.45) is 10.7 Å². The lowest BCUT2D eigenvalue weighted by atomic mass is 9.73. The monoisotopic (exact) mass is 374 g/mol. The summed E-state index contributed by atoms with van der Waals surface area (Å²) in [5.41, 5.74) is 9.57. The van der Waals surface area contributed by atoms with Crippen LogP contribution in [0.25, 0.3) is 0 Å². The second-order valence-corrected chi connectivity index (χ2v) is 6.82. The number of ether oxygens (including phenoxy) is 2. The molecule has 0 unspecified atom stereocenters. The predicted octanol–water partition coefficient (Wildman–Crippen LogP) is 3.22. The second kappa shape index (κ2) is 7.31. The first kappa shape index (κ1) is 18.0. The lowest BCUT2D eigenvalue weighted by Gasteiger charge is -2.30. The van der Waals surface area contributed by atoms with Crippen molar-refractivity contribution in [1.29, 1.82) is 0 Å². The number of nitrogens with zero attached hydrogens (tertiary/aromatic N) is 3. The Labute approximate surface area is 164 Å². The van der Waals surface area contributed by atoms with Crippen LogP contribution in [0, 0.1) is 0 Å². The summed E-state index contributed by atoms with van der Waals surface area (Å²) in [6.07, 6.45) is 1.32. The molecule has 2 N–H and O–H groups in total. The SMILES string of the molecule is COc1nc(OC)c2c(n1)C(Cc1ccccc1)(Cc1ccccc1)C(N)=N2. The Morgan fingerprint density at radius 1 is 0.821 bits per heavy atom. The molecule has 4 rings (SSSR count). The van der Waals surface area contributed by atoms with Crippen LogP contribution in [0.15, 0.2) is 65.7 Å². The van der Waals surface area contributed by atoms with Crippen LogP contribution in [0.2, 0.25) is 0 Å². The van der Waals surface area contributed by atoms with Crippen LogP contribution >= 0.6 is 0 Å². The Hall–Kier alpha value is -3.41. The first-order valence-electron chi connectivity index (χ1n) is 9.09. The zero-order valence-electron chi connectivity index (χ0n) is 15.9. The summed E-state index contributed by atoms with van der Waals surface area (Å²) in [5.74, 6) is 0.879. The molecule has 3 aromatic rings. The van der Waals surface area contributed by atoms with Crippen molar-refractivity contribution in [2.45, 2.75) is 18.3 Å². The van der Waals surface area contributed by atoms with Gasteiger partial charge in [-0.15, -0.1) is 0 Å². The van der Waals surface area contributed by atoms with Crippen molar-refractivity contribution >= 4 is 11.5 Å². The molecule has 0 bridgehead atoms. The molecule has 2 aromatic carbocycles. The zero-order valence-corrected chi connectivity index (χ0v) is 15.9. The Kier molecular flexibility index (Phi) is 4.69. The van der Waals surface area contributed by atoms with E-state index in [1.807, 2.05) is 36.4 Å². The Morgan fingerprint density at radius 2 is 1.39 bits per heavy atom. The minimum absolute atomic E-state index is 0.242. The van der Waals surface area contributed by atoms with Gasteiger partial charge in [0.05, 0.1) is 25.3 Å². The van der Waals surface area contributed by atoms with E-state index in [2.05, 4.69) is 39.2 Å². The van der Waals surface area contributed by atoms with Gasteiger partial charge in [-0.2, -0.15) is 9.97 Å². The molecule has 6 nitrogen and oxygen atoms in total. The highest BCUT2D eigenvalue weighted by atomic mass is 16.5. The van der Waals surface area contributed by atoms with Gasteiger partial charge in [-0.1, -0.05) is 60.7 Å². The van der Waals surface area contributed by atoms with Crippen LogP contribution in [-0.2, 0) is 18.3 Å². The summed E-state index contributed by atoms with van der Waals surface area (Å²) in [4.78, 5) is 13.6. The third kappa shape index (κ3) is 3.07. The molecule has 0 saturated heterocycles. The maximum absolute atomic E-state index is 6.56. The predicted molar refractivity (Wildman–Crippen MR) is 108 cm³/mol. The van der Waals surface area contributed by atoms with Crippen molar-refractivity contribution in [1.82, 2.24) is 9.97 Å². The highest BCUT2D eigenvalue weighted by Gasteiger charge is 2.46. The summed E-state index contributed by atoms with van der Waals surface area (Å²) < 4.78 is 10.8. The number of benzene rings is 2. The molecule has 0 fully saturated rings. The number of methoxy groups -OCH3 is 2. The summed E-state index contributed by atoms with van der Waals surface area (Å²) in [6.45, 7) is 0. The quantitative estimate of drug-likeness (QED) is 0.716. The molecule has 1 aliphatic rings. The van der Waals surface area contributed by atoms with Gasteiger partial charge in [0.15, 0.2) is 0 Å². The average molecular weight is 374 g/mol. The highest BCUT2D eigenvalue weighted by molar-refractivity contribution is 6.00. The fourth-order valence-corrected chi connectivity index (χ4v) is 3.73. The van der Waals surface area contributed by atoms with Crippen LogP contribution in [0.4, 0.5) is 5.69 Å². The molecule has 2 heterocycles. The van der Waals surface area contributed by atoms with Gasteiger partial charge in [0, 0.05) is 0 Å². The van der Waals surface area contributed by atoms with E-state index in [0.29, 0.717) is 30.2 Å². The summed E-state index contributed by atoms with van der Waals surface area (Å²) >= 11 is 0. The Balaban J connectivity index is 1.90. The van der Waals surface area contributed by atoms with E-state index in [0.717, 1.165) is 16.8 Å². The molecule has 142 valence electrons. The molecular weight excluding hydrogens is 352 g/mol. The summed E-state index contributed by atoms with van der Waals surface area (Å²) in [6, 6.07) is 20.7. The van der Waals surface area contributed by atoms with E-state index in [-0.39, 0.29) is 6.01 Å². The topological polar surface area (TPSA) is 82.6 Å². The van der Waals surface area contributed by atoms with Gasteiger partial charge >= 0.3 is 6.01 Å². The van der Waals surface area contributed by atoms with Crippen LogP contribution in [0.5, 0.6) is 11.9 Å². The standard InChI is InChI=1S/C22H22N4O2/c1-27-19-17-18(25-21(26-19)28-2)22(20(23)24-17,13-15-9-5-3-6-10-15)14-16-11-7-4-8-12-16/h3-12H,13-14H2,1-2H3,(H2,23,24). The van der Waals surface area contributed by atoms with Gasteiger partial charge in [-0.05, 0) is 24.0 Å². The van der Waals surface area contributed by atoms with Gasteiger partial charge < -0.3 is 15.2 Å². The molecular formula is C22H22N4O2. The molecule has 28 heavy (non-hydrogen) atoms. The summed E-state index contributed by atoms with van der Waals surface area (Å²) in [5, 5.41) is 0. The Bertz CT molecular complexity index is 962. The first-order chi connectivity index (χ1) is 13.7. The minimum atomic E-state index is -0.610. The van der Waals surface area contributed by atoms with E-state index in [4.69, 9.17) is 15.2 Å². The Morgan fingerprint density at radius 3 is 1.89 bits per heavy atom. The molecule has 1 aliphatic heterocycles. The van der Waals surface area contributed by atoms with Gasteiger partial charge in [0.25, 0.3) is 0 Å². The maximum Gasteiger partial charge on any atom is 0.319 e. The van der Waals surface area contributed by atoms with Gasteiger partial charge in [-0.3, -0.25) is 0 Å².